The predicted molar refractivity (Wildman–Crippen MR) is 71.8 cm³/mol. The second-order valence-electron chi connectivity index (χ2n) is 4.23. The van der Waals surface area contributed by atoms with Gasteiger partial charge in [-0.05, 0) is 18.6 Å². The summed E-state index contributed by atoms with van der Waals surface area (Å²) in [6.45, 7) is 4.18. The van der Waals surface area contributed by atoms with Crippen molar-refractivity contribution < 1.29 is 14.3 Å². The molecule has 0 saturated heterocycles. The molecule has 1 unspecified atom stereocenters. The van der Waals surface area contributed by atoms with Crippen molar-refractivity contribution in [1.29, 1.82) is 0 Å². The zero-order chi connectivity index (χ0) is 13.7. The molecule has 4 nitrogen and oxygen atoms in total. The average molecular weight is 269 g/mol. The molecular weight excluding hydrogens is 250 g/mol. The van der Waals surface area contributed by atoms with Gasteiger partial charge in [-0.15, -0.1) is 11.3 Å². The Hall–Kier alpha value is -1.36. The Morgan fingerprint density at radius 2 is 2.11 bits per heavy atom. The van der Waals surface area contributed by atoms with Gasteiger partial charge in [0.1, 0.15) is 0 Å². The van der Waals surface area contributed by atoms with Gasteiger partial charge in [0.15, 0.2) is 0 Å². The van der Waals surface area contributed by atoms with Crippen molar-refractivity contribution in [3.8, 4) is 0 Å². The molecule has 0 fully saturated rings. The Balaban J connectivity index is 2.63. The van der Waals surface area contributed by atoms with E-state index in [1.54, 1.807) is 18.9 Å². The van der Waals surface area contributed by atoms with Gasteiger partial charge in [-0.2, -0.15) is 0 Å². The Bertz CT molecular complexity index is 428. The lowest BCUT2D eigenvalue weighted by Gasteiger charge is -2.19. The van der Waals surface area contributed by atoms with Crippen LogP contribution in [0.3, 0.4) is 0 Å². The van der Waals surface area contributed by atoms with Crippen molar-refractivity contribution in [2.24, 2.45) is 5.92 Å². The molecule has 5 heteroatoms. The fraction of sp³-hybridized carbons (Fsp3) is 0.538. The molecule has 1 rings (SSSR count). The molecule has 0 aliphatic heterocycles. The first-order chi connectivity index (χ1) is 8.49. The summed E-state index contributed by atoms with van der Waals surface area (Å²) in [4.78, 5) is 26.9. The van der Waals surface area contributed by atoms with Crippen LogP contribution in [0.2, 0.25) is 0 Å². The highest BCUT2D eigenvalue weighted by atomic mass is 32.1. The molecule has 1 atom stereocenters. The number of ether oxygens (including phenoxy) is 1. The van der Waals surface area contributed by atoms with Crippen LogP contribution in [-0.4, -0.2) is 37.5 Å². The zero-order valence-electron chi connectivity index (χ0n) is 11.2. The third-order valence-electron chi connectivity index (χ3n) is 2.72. The topological polar surface area (TPSA) is 46.6 Å². The van der Waals surface area contributed by atoms with E-state index < -0.39 is 0 Å². The summed E-state index contributed by atoms with van der Waals surface area (Å²) in [7, 11) is 3.06. The van der Waals surface area contributed by atoms with Crippen LogP contribution in [0.1, 0.15) is 28.4 Å². The molecule has 1 aromatic rings. The fourth-order valence-corrected chi connectivity index (χ4v) is 2.58. The third kappa shape index (κ3) is 3.57. The summed E-state index contributed by atoms with van der Waals surface area (Å²) in [6.07, 6.45) is 0.931. The van der Waals surface area contributed by atoms with E-state index in [1.165, 1.54) is 23.3 Å². The number of hydrogen-bond acceptors (Lipinski definition) is 4. The maximum atomic E-state index is 12.1. The van der Waals surface area contributed by atoms with Gasteiger partial charge in [-0.25, -0.2) is 0 Å². The molecular formula is C13H19NO3S. The highest BCUT2D eigenvalue weighted by molar-refractivity contribution is 7.14. The van der Waals surface area contributed by atoms with Gasteiger partial charge in [-0.1, -0.05) is 13.8 Å². The van der Waals surface area contributed by atoms with Crippen molar-refractivity contribution >= 4 is 23.2 Å². The average Bonchev–Trinajstić information content (AvgIpc) is 2.85. The highest BCUT2D eigenvalue weighted by Crippen LogP contribution is 2.18. The smallest absolute Gasteiger partial charge is 0.310 e. The van der Waals surface area contributed by atoms with Crippen molar-refractivity contribution in [3.63, 3.8) is 0 Å². The second kappa shape index (κ2) is 6.54. The Labute approximate surface area is 112 Å². The molecule has 0 aliphatic rings. The van der Waals surface area contributed by atoms with Gasteiger partial charge >= 0.3 is 5.97 Å². The van der Waals surface area contributed by atoms with E-state index in [1.807, 2.05) is 12.1 Å². The number of nitrogens with zero attached hydrogens (tertiary/aromatic N) is 1. The number of carbonyl (C=O) groups excluding carboxylic acids is 2. The summed E-state index contributed by atoms with van der Waals surface area (Å²) < 4.78 is 4.65. The highest BCUT2D eigenvalue weighted by Gasteiger charge is 2.20. The van der Waals surface area contributed by atoms with E-state index in [2.05, 4.69) is 11.7 Å². The second-order valence-corrected chi connectivity index (χ2v) is 5.40. The van der Waals surface area contributed by atoms with Gasteiger partial charge in [0.2, 0.25) is 0 Å². The number of methoxy groups -OCH3 is 1. The zero-order valence-corrected chi connectivity index (χ0v) is 12.0. The molecule has 18 heavy (non-hydrogen) atoms. The van der Waals surface area contributed by atoms with Gasteiger partial charge in [0.25, 0.3) is 5.91 Å². The minimum absolute atomic E-state index is 0.0459. The molecule has 0 spiro atoms. The molecule has 100 valence electrons. The van der Waals surface area contributed by atoms with Crippen LogP contribution in [0.15, 0.2) is 12.1 Å². The SMILES string of the molecule is CCc1ccc(C(=O)N(C)CC(C)C(=O)OC)s1. The monoisotopic (exact) mass is 269 g/mol. The van der Waals surface area contributed by atoms with E-state index in [0.717, 1.165) is 6.42 Å². The number of esters is 1. The molecule has 0 aliphatic carbocycles. The van der Waals surface area contributed by atoms with Crippen molar-refractivity contribution in [3.05, 3.63) is 21.9 Å². The minimum atomic E-state index is -0.311. The Kier molecular flexibility index (Phi) is 5.34. The number of hydrogen-bond donors (Lipinski definition) is 0. The first-order valence-electron chi connectivity index (χ1n) is 5.91. The lowest BCUT2D eigenvalue weighted by atomic mass is 10.1. The van der Waals surface area contributed by atoms with Crippen molar-refractivity contribution in [2.75, 3.05) is 20.7 Å². The van der Waals surface area contributed by atoms with Crippen molar-refractivity contribution in [2.45, 2.75) is 20.3 Å². The van der Waals surface area contributed by atoms with Gasteiger partial charge in [-0.3, -0.25) is 9.59 Å². The normalized spacial score (nSPS) is 12.0. The minimum Gasteiger partial charge on any atom is -0.469 e. The quantitative estimate of drug-likeness (QED) is 0.770. The van der Waals surface area contributed by atoms with Crippen LogP contribution in [0.5, 0.6) is 0 Å². The van der Waals surface area contributed by atoms with E-state index in [4.69, 9.17) is 0 Å². The van der Waals surface area contributed by atoms with E-state index in [0.29, 0.717) is 11.4 Å². The first kappa shape index (κ1) is 14.7. The fourth-order valence-electron chi connectivity index (χ4n) is 1.64. The number of carbonyl (C=O) groups is 2. The summed E-state index contributed by atoms with van der Waals surface area (Å²) in [5.74, 6) is -0.653. The first-order valence-corrected chi connectivity index (χ1v) is 6.73. The molecule has 0 N–H and O–H groups in total. The van der Waals surface area contributed by atoms with Crippen LogP contribution < -0.4 is 0 Å². The molecule has 0 bridgehead atoms. The summed E-state index contributed by atoms with van der Waals surface area (Å²) in [6, 6.07) is 3.81. The van der Waals surface area contributed by atoms with E-state index >= 15 is 0 Å². The van der Waals surface area contributed by atoms with Crippen LogP contribution in [0.25, 0.3) is 0 Å². The lowest BCUT2D eigenvalue weighted by Crippen LogP contribution is -2.33. The maximum absolute atomic E-state index is 12.1. The number of aryl methyl sites for hydroxylation is 1. The van der Waals surface area contributed by atoms with E-state index in [-0.39, 0.29) is 17.8 Å². The van der Waals surface area contributed by atoms with Crippen LogP contribution >= 0.6 is 11.3 Å². The number of rotatable bonds is 5. The molecule has 1 heterocycles. The molecule has 0 saturated carbocycles. The predicted octanol–water partition coefficient (Wildman–Crippen LogP) is 2.19. The van der Waals surface area contributed by atoms with Gasteiger partial charge in [0.05, 0.1) is 17.9 Å². The summed E-state index contributed by atoms with van der Waals surface area (Å²) in [5, 5.41) is 0. The molecule has 0 aromatic carbocycles. The van der Waals surface area contributed by atoms with Crippen molar-refractivity contribution in [1.82, 2.24) is 4.90 Å². The number of amides is 1. The third-order valence-corrected chi connectivity index (χ3v) is 3.94. The summed E-state index contributed by atoms with van der Waals surface area (Å²) in [5.41, 5.74) is 0. The van der Waals surface area contributed by atoms with Crippen LogP contribution in [-0.2, 0) is 16.0 Å². The number of thiophene rings is 1. The molecule has 1 amide bonds. The Morgan fingerprint density at radius 3 is 2.61 bits per heavy atom. The lowest BCUT2D eigenvalue weighted by molar-refractivity contribution is -0.145. The van der Waals surface area contributed by atoms with Gasteiger partial charge in [0, 0.05) is 18.5 Å². The molecule has 1 aromatic heterocycles. The maximum Gasteiger partial charge on any atom is 0.310 e. The Morgan fingerprint density at radius 1 is 1.44 bits per heavy atom. The van der Waals surface area contributed by atoms with E-state index in [9.17, 15) is 9.59 Å². The molecule has 0 radical (unpaired) electrons. The summed E-state index contributed by atoms with van der Waals surface area (Å²) >= 11 is 1.50. The standard InChI is InChI=1S/C13H19NO3S/c1-5-10-6-7-11(18-10)12(15)14(3)8-9(2)13(16)17-4/h6-7,9H,5,8H2,1-4H3. The van der Waals surface area contributed by atoms with Crippen LogP contribution in [0.4, 0.5) is 0 Å². The van der Waals surface area contributed by atoms with Gasteiger partial charge < -0.3 is 9.64 Å². The largest absolute Gasteiger partial charge is 0.469 e. The van der Waals surface area contributed by atoms with Crippen LogP contribution in [0, 0.1) is 5.92 Å².